The van der Waals surface area contributed by atoms with Crippen molar-refractivity contribution in [2.45, 2.75) is 6.92 Å². The topological polar surface area (TPSA) is 133 Å². The van der Waals surface area contributed by atoms with Crippen LogP contribution in [0.15, 0.2) is 18.7 Å². The molecule has 0 unspecified atom stereocenters. The zero-order valence-corrected chi connectivity index (χ0v) is 6.05. The van der Waals surface area contributed by atoms with Gasteiger partial charge in [0.1, 0.15) is 12.4 Å². The summed E-state index contributed by atoms with van der Waals surface area (Å²) < 4.78 is 0. The monoisotopic (exact) mass is 164 g/mol. The van der Waals surface area contributed by atoms with Crippen LogP contribution in [0.2, 0.25) is 0 Å². The number of H-pyrrole nitrogens is 2. The fourth-order valence-corrected chi connectivity index (χ4v) is 0.241. The van der Waals surface area contributed by atoms with Gasteiger partial charge in [-0.15, -0.1) is 0 Å². The number of carboxylic acid groups (broad SMARTS) is 1. The molecule has 0 aliphatic heterocycles. The lowest BCUT2D eigenvalue weighted by atomic mass is 10.9. The zero-order valence-electron chi connectivity index (χ0n) is 6.05. The lowest BCUT2D eigenvalue weighted by Crippen LogP contribution is -2.16. The van der Waals surface area contributed by atoms with Gasteiger partial charge in [0, 0.05) is 5.97 Å². The number of aliphatic carboxylic acids is 1. The first-order valence-electron chi connectivity index (χ1n) is 2.40. The minimum Gasteiger partial charge on any atom is -0.550 e. The standard InChI is InChI=1S/C3H4N2.C2H4O2.2H2O/c1-2-5-3-4-1;1-2(3)4;;/h1-3H,(H,4,5);1H3,(H,3,4);2*1H2. The first-order chi connectivity index (χ1) is 4.23. The Labute approximate surface area is 63.5 Å². The van der Waals surface area contributed by atoms with E-state index in [0.29, 0.717) is 0 Å². The van der Waals surface area contributed by atoms with Crippen LogP contribution < -0.4 is 10.1 Å². The molecule has 0 radical (unpaired) electrons. The van der Waals surface area contributed by atoms with E-state index in [1.807, 2.05) is 12.4 Å². The summed E-state index contributed by atoms with van der Waals surface area (Å²) in [4.78, 5) is 14.5. The molecule has 1 aromatic rings. The molecule has 6 nitrogen and oxygen atoms in total. The summed E-state index contributed by atoms with van der Waals surface area (Å²) in [6, 6.07) is 0. The molecule has 0 amide bonds. The van der Waals surface area contributed by atoms with Gasteiger partial charge >= 0.3 is 0 Å². The fourth-order valence-electron chi connectivity index (χ4n) is 0.241. The van der Waals surface area contributed by atoms with Crippen LogP contribution >= 0.6 is 0 Å². The highest BCUT2D eigenvalue weighted by Crippen LogP contribution is 1.53. The van der Waals surface area contributed by atoms with Crippen LogP contribution in [0.3, 0.4) is 0 Å². The molecule has 1 heterocycles. The predicted molar refractivity (Wildman–Crippen MR) is 35.3 cm³/mol. The van der Waals surface area contributed by atoms with Gasteiger partial charge in [-0.1, -0.05) is 0 Å². The lowest BCUT2D eigenvalue weighted by Gasteiger charge is -1.77. The molecule has 0 aliphatic carbocycles. The fraction of sp³-hybridized carbons (Fsp3) is 0.200. The van der Waals surface area contributed by atoms with Crippen molar-refractivity contribution in [3.8, 4) is 0 Å². The summed E-state index contributed by atoms with van der Waals surface area (Å²) in [5.41, 5.74) is 0. The molecule has 1 rings (SSSR count). The van der Waals surface area contributed by atoms with Gasteiger partial charge < -0.3 is 20.9 Å². The number of carboxylic acids is 1. The van der Waals surface area contributed by atoms with Crippen LogP contribution in [0.4, 0.5) is 0 Å². The number of rotatable bonds is 0. The first-order valence-corrected chi connectivity index (χ1v) is 2.40. The minimum atomic E-state index is -1.08. The highest BCUT2D eigenvalue weighted by Gasteiger charge is 1.65. The Morgan fingerprint density at radius 3 is 2.09 bits per heavy atom. The smallest absolute Gasteiger partial charge is 0.239 e. The molecule has 0 bridgehead atoms. The number of carbonyl (C=O) groups is 1. The molecule has 11 heavy (non-hydrogen) atoms. The van der Waals surface area contributed by atoms with Gasteiger partial charge in [0.05, 0.1) is 0 Å². The Morgan fingerprint density at radius 2 is 2.00 bits per heavy atom. The maximum Gasteiger partial charge on any atom is 0.239 e. The molecule has 0 saturated heterocycles. The summed E-state index contributed by atoms with van der Waals surface area (Å²) in [6.07, 6.45) is 5.39. The van der Waals surface area contributed by atoms with Crippen LogP contribution in [-0.2, 0) is 4.79 Å². The predicted octanol–water partition coefficient (Wildman–Crippen LogP) is -3.06. The Kier molecular flexibility index (Phi) is 16.9. The van der Waals surface area contributed by atoms with Gasteiger partial charge in [0.25, 0.3) is 0 Å². The van der Waals surface area contributed by atoms with E-state index in [1.54, 1.807) is 6.33 Å². The van der Waals surface area contributed by atoms with Gasteiger partial charge in [0.15, 0.2) is 0 Å². The van der Waals surface area contributed by atoms with E-state index in [1.165, 1.54) is 0 Å². The molecule has 0 spiro atoms. The largest absolute Gasteiger partial charge is 0.550 e. The maximum absolute atomic E-state index is 8.89. The van der Waals surface area contributed by atoms with Gasteiger partial charge in [-0.2, -0.15) is 0 Å². The lowest BCUT2D eigenvalue weighted by molar-refractivity contribution is -0.375. The number of hydrogen-bond donors (Lipinski definition) is 1. The van der Waals surface area contributed by atoms with Crippen LogP contribution in [0, 0.1) is 0 Å². The summed E-state index contributed by atoms with van der Waals surface area (Å²) in [7, 11) is 0. The molecule has 0 atom stereocenters. The van der Waals surface area contributed by atoms with E-state index >= 15 is 0 Å². The van der Waals surface area contributed by atoms with E-state index < -0.39 is 5.97 Å². The van der Waals surface area contributed by atoms with Gasteiger partial charge in [-0.05, 0) is 6.92 Å². The summed E-state index contributed by atoms with van der Waals surface area (Å²) in [5.74, 6) is -1.08. The molecule has 0 fully saturated rings. The molecule has 0 saturated carbocycles. The number of carbonyl (C=O) groups excluding carboxylic acids is 1. The van der Waals surface area contributed by atoms with E-state index in [9.17, 15) is 0 Å². The van der Waals surface area contributed by atoms with E-state index in [2.05, 4.69) is 9.97 Å². The summed E-state index contributed by atoms with van der Waals surface area (Å²) in [6.45, 7) is 0.972. The average molecular weight is 164 g/mol. The van der Waals surface area contributed by atoms with Crippen LogP contribution in [0.1, 0.15) is 6.92 Å². The number of aromatic nitrogens is 2. The highest BCUT2D eigenvalue weighted by molar-refractivity contribution is 5.60. The second-order valence-corrected chi connectivity index (χ2v) is 1.30. The van der Waals surface area contributed by atoms with E-state index in [0.717, 1.165) is 6.92 Å². The van der Waals surface area contributed by atoms with Crippen LogP contribution in [0.5, 0.6) is 0 Å². The normalized spacial score (nSPS) is 5.91. The minimum absolute atomic E-state index is 0. The molecule has 6 N–H and O–H groups in total. The van der Waals surface area contributed by atoms with Crippen LogP contribution in [-0.4, -0.2) is 21.9 Å². The SMILES string of the molecule is CC(=O)[O-].O.O.c1c[nH+]c[nH]1. The number of imidazole rings is 1. The zero-order chi connectivity index (χ0) is 7.11. The highest BCUT2D eigenvalue weighted by atomic mass is 16.4. The molecule has 0 aliphatic rings. The van der Waals surface area contributed by atoms with Gasteiger partial charge in [0.2, 0.25) is 6.33 Å². The van der Waals surface area contributed by atoms with Crippen molar-refractivity contribution >= 4 is 5.97 Å². The van der Waals surface area contributed by atoms with E-state index in [-0.39, 0.29) is 11.0 Å². The third kappa shape index (κ3) is 28.9. The Morgan fingerprint density at radius 1 is 1.55 bits per heavy atom. The second kappa shape index (κ2) is 11.4. The number of nitrogens with one attached hydrogen (secondary N) is 2. The second-order valence-electron chi connectivity index (χ2n) is 1.30. The molecule has 6 heteroatoms. The average Bonchev–Trinajstić information content (AvgIpc) is 2.11. The quantitative estimate of drug-likeness (QED) is 0.435. The first kappa shape index (κ1) is 16.3. The third-order valence-corrected chi connectivity index (χ3v) is 0.442. The van der Waals surface area contributed by atoms with Crippen molar-refractivity contribution in [3.05, 3.63) is 18.7 Å². The number of hydrogen-bond acceptors (Lipinski definition) is 2. The Balaban J connectivity index is -0.000000101. The van der Waals surface area contributed by atoms with Crippen molar-refractivity contribution in [1.29, 1.82) is 0 Å². The van der Waals surface area contributed by atoms with Crippen molar-refractivity contribution in [3.63, 3.8) is 0 Å². The van der Waals surface area contributed by atoms with Crippen molar-refractivity contribution in [2.24, 2.45) is 0 Å². The van der Waals surface area contributed by atoms with Gasteiger partial charge in [-0.25, -0.2) is 0 Å². The molecule has 0 aromatic carbocycles. The van der Waals surface area contributed by atoms with Gasteiger partial charge in [-0.3, -0.25) is 9.97 Å². The summed E-state index contributed by atoms with van der Waals surface area (Å²) >= 11 is 0. The Bertz CT molecular complexity index is 130. The van der Waals surface area contributed by atoms with Crippen molar-refractivity contribution in [1.82, 2.24) is 4.98 Å². The molecular weight excluding hydrogens is 152 g/mol. The van der Waals surface area contributed by atoms with Crippen LogP contribution in [0.25, 0.3) is 0 Å². The number of aromatic amines is 2. The molecule has 66 valence electrons. The third-order valence-electron chi connectivity index (χ3n) is 0.442. The summed E-state index contributed by atoms with van der Waals surface area (Å²) in [5, 5.41) is 8.89. The Hall–Kier alpha value is -1.40. The van der Waals surface area contributed by atoms with Crippen molar-refractivity contribution < 1.29 is 25.8 Å². The van der Waals surface area contributed by atoms with Crippen molar-refractivity contribution in [2.75, 3.05) is 0 Å². The molecule has 1 aromatic heterocycles. The van der Waals surface area contributed by atoms with E-state index in [4.69, 9.17) is 9.90 Å². The maximum atomic E-state index is 8.89. The molecular formula is C5H12N2O4.